The van der Waals surface area contributed by atoms with Gasteiger partial charge in [0.1, 0.15) is 11.9 Å². The van der Waals surface area contributed by atoms with E-state index in [-0.39, 0.29) is 22.4 Å². The van der Waals surface area contributed by atoms with E-state index in [9.17, 15) is 18.8 Å². The van der Waals surface area contributed by atoms with Crippen LogP contribution in [0.1, 0.15) is 26.7 Å². The standard InChI is InChI=1S/C16H18FN3O3S/c1-9(21)18-10-3-4-11(17)12(7-10)19-15(23)13-8-24-16(2)6-5-14(22)20(13)16/h3-4,7,13H,5-6,8H2,1-2H3,(H,18,21)(H,19,23)/t13-,16+/m1/s1. The Morgan fingerprint density at radius 2 is 2.12 bits per heavy atom. The van der Waals surface area contributed by atoms with Gasteiger partial charge in [-0.3, -0.25) is 14.4 Å². The second-order valence-electron chi connectivity index (χ2n) is 6.13. The molecule has 24 heavy (non-hydrogen) atoms. The van der Waals surface area contributed by atoms with Crippen LogP contribution in [0.3, 0.4) is 0 Å². The van der Waals surface area contributed by atoms with Crippen LogP contribution in [0.4, 0.5) is 15.8 Å². The number of halogens is 1. The number of rotatable bonds is 3. The van der Waals surface area contributed by atoms with E-state index < -0.39 is 17.8 Å². The van der Waals surface area contributed by atoms with Crippen LogP contribution < -0.4 is 10.6 Å². The highest BCUT2D eigenvalue weighted by Crippen LogP contribution is 2.47. The molecule has 8 heteroatoms. The molecule has 2 atom stereocenters. The van der Waals surface area contributed by atoms with Gasteiger partial charge in [0.15, 0.2) is 0 Å². The number of hydrogen-bond donors (Lipinski definition) is 2. The summed E-state index contributed by atoms with van der Waals surface area (Å²) in [6.07, 6.45) is 1.15. The molecule has 3 amide bonds. The third-order valence-corrected chi connectivity index (χ3v) is 5.80. The predicted molar refractivity (Wildman–Crippen MR) is 90.1 cm³/mol. The van der Waals surface area contributed by atoms with Crippen LogP contribution in [0.2, 0.25) is 0 Å². The minimum absolute atomic E-state index is 0.0171. The summed E-state index contributed by atoms with van der Waals surface area (Å²) in [5.41, 5.74) is 0.374. The number of thioether (sulfide) groups is 1. The van der Waals surface area contributed by atoms with Crippen LogP contribution in [0, 0.1) is 5.82 Å². The van der Waals surface area contributed by atoms with Crippen LogP contribution in [-0.4, -0.2) is 39.3 Å². The van der Waals surface area contributed by atoms with Crippen molar-refractivity contribution in [2.24, 2.45) is 0 Å². The summed E-state index contributed by atoms with van der Waals surface area (Å²) in [5.74, 6) is -0.861. The summed E-state index contributed by atoms with van der Waals surface area (Å²) in [6.45, 7) is 3.30. The number of nitrogens with one attached hydrogen (secondary N) is 2. The Hall–Kier alpha value is -2.09. The molecular weight excluding hydrogens is 333 g/mol. The second kappa shape index (κ2) is 6.08. The summed E-state index contributed by atoms with van der Waals surface area (Å²) in [6, 6.07) is 3.34. The molecule has 2 saturated heterocycles. The van der Waals surface area contributed by atoms with Crippen molar-refractivity contribution in [3.05, 3.63) is 24.0 Å². The summed E-state index contributed by atoms with van der Waals surface area (Å²) in [7, 11) is 0. The normalized spacial score (nSPS) is 25.5. The molecule has 1 aromatic carbocycles. The topological polar surface area (TPSA) is 78.5 Å². The summed E-state index contributed by atoms with van der Waals surface area (Å²) >= 11 is 1.58. The first-order chi connectivity index (χ1) is 11.3. The zero-order valence-electron chi connectivity index (χ0n) is 13.4. The minimum atomic E-state index is -0.612. The van der Waals surface area contributed by atoms with Gasteiger partial charge in [-0.15, -0.1) is 11.8 Å². The van der Waals surface area contributed by atoms with Crippen molar-refractivity contribution in [1.82, 2.24) is 4.90 Å². The zero-order chi connectivity index (χ0) is 17.5. The Bertz CT molecular complexity index is 727. The molecule has 6 nitrogen and oxygen atoms in total. The van der Waals surface area contributed by atoms with E-state index >= 15 is 0 Å². The van der Waals surface area contributed by atoms with Crippen LogP contribution in [-0.2, 0) is 14.4 Å². The molecule has 2 aliphatic rings. The Morgan fingerprint density at radius 1 is 1.38 bits per heavy atom. The van der Waals surface area contributed by atoms with Gasteiger partial charge < -0.3 is 15.5 Å². The average Bonchev–Trinajstić information content (AvgIpc) is 2.99. The molecule has 128 valence electrons. The molecular formula is C16H18FN3O3S. The Labute approximate surface area is 143 Å². The number of carbonyl (C=O) groups is 3. The fourth-order valence-electron chi connectivity index (χ4n) is 3.13. The highest BCUT2D eigenvalue weighted by Gasteiger charge is 2.52. The van der Waals surface area contributed by atoms with Crippen LogP contribution in [0.15, 0.2) is 18.2 Å². The molecule has 0 radical (unpaired) electrons. The maximum Gasteiger partial charge on any atom is 0.248 e. The molecule has 0 aliphatic carbocycles. The maximum atomic E-state index is 14.0. The fraction of sp³-hybridized carbons (Fsp3) is 0.438. The van der Waals surface area contributed by atoms with E-state index in [2.05, 4.69) is 10.6 Å². The molecule has 2 N–H and O–H groups in total. The molecule has 2 heterocycles. The summed E-state index contributed by atoms with van der Waals surface area (Å²) < 4.78 is 14.0. The highest BCUT2D eigenvalue weighted by molar-refractivity contribution is 8.01. The van der Waals surface area contributed by atoms with Gasteiger partial charge in [0.05, 0.1) is 10.6 Å². The lowest BCUT2D eigenvalue weighted by Crippen LogP contribution is -2.48. The molecule has 0 bridgehead atoms. The Balaban J connectivity index is 1.78. The van der Waals surface area contributed by atoms with Gasteiger partial charge in [0.2, 0.25) is 17.7 Å². The molecule has 0 saturated carbocycles. The largest absolute Gasteiger partial charge is 0.326 e. The molecule has 1 aromatic rings. The first-order valence-electron chi connectivity index (χ1n) is 7.64. The van der Waals surface area contributed by atoms with E-state index in [0.717, 1.165) is 0 Å². The van der Waals surface area contributed by atoms with Crippen molar-refractivity contribution >= 4 is 40.9 Å². The third kappa shape index (κ3) is 2.98. The number of anilines is 2. The van der Waals surface area contributed by atoms with Gasteiger partial charge in [0, 0.05) is 24.8 Å². The van der Waals surface area contributed by atoms with E-state index in [1.165, 1.54) is 25.1 Å². The van der Waals surface area contributed by atoms with E-state index in [4.69, 9.17) is 0 Å². The molecule has 0 unspecified atom stereocenters. The van der Waals surface area contributed by atoms with Gasteiger partial charge in [-0.2, -0.15) is 0 Å². The van der Waals surface area contributed by atoms with Crippen molar-refractivity contribution in [3.8, 4) is 0 Å². The molecule has 2 fully saturated rings. The first-order valence-corrected chi connectivity index (χ1v) is 8.63. The zero-order valence-corrected chi connectivity index (χ0v) is 14.2. The van der Waals surface area contributed by atoms with Crippen molar-refractivity contribution in [3.63, 3.8) is 0 Å². The first kappa shape index (κ1) is 16.8. The predicted octanol–water partition coefficient (Wildman–Crippen LogP) is 2.18. The number of benzene rings is 1. The number of fused-ring (bicyclic) bond motifs is 1. The lowest BCUT2D eigenvalue weighted by molar-refractivity contribution is -0.135. The minimum Gasteiger partial charge on any atom is -0.326 e. The Kier molecular flexibility index (Phi) is 4.25. The third-order valence-electron chi connectivity index (χ3n) is 4.29. The van der Waals surface area contributed by atoms with Gasteiger partial charge in [0.25, 0.3) is 0 Å². The summed E-state index contributed by atoms with van der Waals surface area (Å²) in [4.78, 5) is 37.0. The van der Waals surface area contributed by atoms with Crippen molar-refractivity contribution < 1.29 is 18.8 Å². The van der Waals surface area contributed by atoms with Crippen molar-refractivity contribution in [2.45, 2.75) is 37.6 Å². The molecule has 0 aromatic heterocycles. The smallest absolute Gasteiger partial charge is 0.248 e. The van der Waals surface area contributed by atoms with Crippen molar-refractivity contribution in [2.75, 3.05) is 16.4 Å². The molecule has 3 rings (SSSR count). The number of hydrogen-bond acceptors (Lipinski definition) is 4. The second-order valence-corrected chi connectivity index (χ2v) is 7.63. The molecule has 2 aliphatic heterocycles. The van der Waals surface area contributed by atoms with Gasteiger partial charge in [-0.05, 0) is 31.5 Å². The quantitative estimate of drug-likeness (QED) is 0.875. The Morgan fingerprint density at radius 3 is 2.83 bits per heavy atom. The van der Waals surface area contributed by atoms with Crippen molar-refractivity contribution in [1.29, 1.82) is 0 Å². The van der Waals surface area contributed by atoms with Crippen LogP contribution in [0.25, 0.3) is 0 Å². The van der Waals surface area contributed by atoms with Crippen LogP contribution >= 0.6 is 11.8 Å². The van der Waals surface area contributed by atoms with E-state index in [0.29, 0.717) is 24.3 Å². The van der Waals surface area contributed by atoms with E-state index in [1.807, 2.05) is 6.92 Å². The fourth-order valence-corrected chi connectivity index (χ4v) is 4.56. The number of nitrogens with zero attached hydrogens (tertiary/aromatic N) is 1. The average molecular weight is 351 g/mol. The highest BCUT2D eigenvalue weighted by atomic mass is 32.2. The van der Waals surface area contributed by atoms with Gasteiger partial charge in [-0.1, -0.05) is 0 Å². The SMILES string of the molecule is CC(=O)Nc1ccc(F)c(NC(=O)[C@H]2CS[C@@]3(C)CCC(=O)N23)c1. The maximum absolute atomic E-state index is 14.0. The van der Waals surface area contributed by atoms with E-state index in [1.54, 1.807) is 16.7 Å². The monoisotopic (exact) mass is 351 g/mol. The molecule has 0 spiro atoms. The lowest BCUT2D eigenvalue weighted by Gasteiger charge is -2.29. The number of amides is 3. The van der Waals surface area contributed by atoms with Crippen LogP contribution in [0.5, 0.6) is 0 Å². The summed E-state index contributed by atoms with van der Waals surface area (Å²) in [5, 5.41) is 5.08. The lowest BCUT2D eigenvalue weighted by atomic mass is 10.2. The number of carbonyl (C=O) groups excluding carboxylic acids is 3. The van der Waals surface area contributed by atoms with Gasteiger partial charge >= 0.3 is 0 Å². The van der Waals surface area contributed by atoms with Gasteiger partial charge in [-0.25, -0.2) is 4.39 Å².